The number of hydrogen-bond donors (Lipinski definition) is 3. The van der Waals surface area contributed by atoms with E-state index in [0.29, 0.717) is 12.1 Å². The lowest BCUT2D eigenvalue weighted by Gasteiger charge is -2.14. The lowest BCUT2D eigenvalue weighted by atomic mass is 10.2. The predicted octanol–water partition coefficient (Wildman–Crippen LogP) is 1.08. The van der Waals surface area contributed by atoms with Crippen LogP contribution in [-0.4, -0.2) is 36.1 Å². The van der Waals surface area contributed by atoms with Crippen LogP contribution in [0.25, 0.3) is 0 Å². The molecule has 110 valence electrons. The predicted molar refractivity (Wildman–Crippen MR) is 77.3 cm³/mol. The highest BCUT2D eigenvalue weighted by atomic mass is 16.3. The molecule has 20 heavy (non-hydrogen) atoms. The highest BCUT2D eigenvalue weighted by Gasteiger charge is 2.15. The molecule has 0 bridgehead atoms. The summed E-state index contributed by atoms with van der Waals surface area (Å²) < 4.78 is 0. The number of rotatable bonds is 8. The molecule has 1 unspecified atom stereocenters. The quantitative estimate of drug-likeness (QED) is 0.623. The number of amides is 2. The molecule has 1 rings (SSSR count). The van der Waals surface area contributed by atoms with Gasteiger partial charge in [0.05, 0.1) is 0 Å². The SMILES string of the molecule is CC(NC(=O)c1ccccc1)C(=O)NCCCCCO. The molecule has 0 aliphatic rings. The van der Waals surface area contributed by atoms with Gasteiger partial charge in [0.15, 0.2) is 0 Å². The van der Waals surface area contributed by atoms with Crippen LogP contribution < -0.4 is 10.6 Å². The third-order valence-corrected chi connectivity index (χ3v) is 2.91. The molecule has 0 spiro atoms. The number of aliphatic hydroxyl groups is 1. The number of hydrogen-bond acceptors (Lipinski definition) is 3. The molecule has 0 saturated heterocycles. The Hall–Kier alpha value is -1.88. The van der Waals surface area contributed by atoms with Gasteiger partial charge in [-0.05, 0) is 38.3 Å². The summed E-state index contributed by atoms with van der Waals surface area (Å²) >= 11 is 0. The van der Waals surface area contributed by atoms with Gasteiger partial charge in [-0.3, -0.25) is 9.59 Å². The molecular formula is C15H22N2O3. The third-order valence-electron chi connectivity index (χ3n) is 2.91. The first kappa shape index (κ1) is 16.2. The number of aliphatic hydroxyl groups excluding tert-OH is 1. The van der Waals surface area contributed by atoms with Crippen LogP contribution in [0.15, 0.2) is 30.3 Å². The standard InChI is InChI=1S/C15H22N2O3/c1-12(14(19)16-10-6-3-7-11-18)17-15(20)13-8-4-2-5-9-13/h2,4-5,8-9,12,18H,3,6-7,10-11H2,1H3,(H,16,19)(H,17,20). The van der Waals surface area contributed by atoms with Gasteiger partial charge in [-0.15, -0.1) is 0 Å². The maximum atomic E-state index is 11.9. The summed E-state index contributed by atoms with van der Waals surface area (Å²) in [7, 11) is 0. The fourth-order valence-electron chi connectivity index (χ4n) is 1.71. The summed E-state index contributed by atoms with van der Waals surface area (Å²) in [5, 5.41) is 14.1. The maximum absolute atomic E-state index is 11.9. The first-order valence-corrected chi connectivity index (χ1v) is 6.89. The van der Waals surface area contributed by atoms with Crippen molar-refractivity contribution in [2.45, 2.75) is 32.2 Å². The van der Waals surface area contributed by atoms with Crippen molar-refractivity contribution >= 4 is 11.8 Å². The summed E-state index contributed by atoms with van der Waals surface area (Å²) in [5.74, 6) is -0.452. The lowest BCUT2D eigenvalue weighted by molar-refractivity contribution is -0.122. The second-order valence-electron chi connectivity index (χ2n) is 4.64. The molecule has 1 aromatic carbocycles. The fourth-order valence-corrected chi connectivity index (χ4v) is 1.71. The average Bonchev–Trinajstić information content (AvgIpc) is 2.47. The number of carbonyl (C=O) groups excluding carboxylic acids is 2. The summed E-state index contributed by atoms with van der Waals surface area (Å²) in [6.07, 6.45) is 2.45. The van der Waals surface area contributed by atoms with Gasteiger partial charge >= 0.3 is 0 Å². The zero-order valence-corrected chi connectivity index (χ0v) is 11.8. The van der Waals surface area contributed by atoms with E-state index in [4.69, 9.17) is 5.11 Å². The molecule has 2 amide bonds. The van der Waals surface area contributed by atoms with E-state index < -0.39 is 6.04 Å². The summed E-state index contributed by atoms with van der Waals surface area (Å²) in [6.45, 7) is 2.39. The van der Waals surface area contributed by atoms with Crippen LogP contribution in [-0.2, 0) is 4.79 Å². The molecule has 0 radical (unpaired) electrons. The van der Waals surface area contributed by atoms with Crippen molar-refractivity contribution in [3.05, 3.63) is 35.9 Å². The van der Waals surface area contributed by atoms with E-state index in [9.17, 15) is 9.59 Å². The Balaban J connectivity index is 2.29. The van der Waals surface area contributed by atoms with Gasteiger partial charge in [0.1, 0.15) is 6.04 Å². The molecule has 1 aromatic rings. The van der Waals surface area contributed by atoms with Crippen molar-refractivity contribution in [1.82, 2.24) is 10.6 Å². The second kappa shape index (κ2) is 9.09. The van der Waals surface area contributed by atoms with E-state index >= 15 is 0 Å². The second-order valence-corrected chi connectivity index (χ2v) is 4.64. The number of benzene rings is 1. The minimum absolute atomic E-state index is 0.178. The molecule has 0 aromatic heterocycles. The maximum Gasteiger partial charge on any atom is 0.251 e. The summed E-state index contributed by atoms with van der Waals surface area (Å²) in [5.41, 5.74) is 0.537. The van der Waals surface area contributed by atoms with Crippen LogP contribution in [0.1, 0.15) is 36.5 Å². The average molecular weight is 278 g/mol. The van der Waals surface area contributed by atoms with E-state index in [1.54, 1.807) is 31.2 Å². The van der Waals surface area contributed by atoms with Crippen molar-refractivity contribution in [2.75, 3.05) is 13.2 Å². The van der Waals surface area contributed by atoms with Crippen molar-refractivity contribution < 1.29 is 14.7 Å². The first-order valence-electron chi connectivity index (χ1n) is 6.89. The van der Waals surface area contributed by atoms with E-state index in [1.807, 2.05) is 6.07 Å². The van der Waals surface area contributed by atoms with Gasteiger partial charge in [-0.1, -0.05) is 18.2 Å². The molecule has 0 saturated carbocycles. The molecule has 0 aliphatic heterocycles. The lowest BCUT2D eigenvalue weighted by Crippen LogP contribution is -2.45. The van der Waals surface area contributed by atoms with E-state index in [1.165, 1.54) is 0 Å². The number of carbonyl (C=O) groups is 2. The Morgan fingerprint density at radius 2 is 1.85 bits per heavy atom. The van der Waals surface area contributed by atoms with Crippen LogP contribution >= 0.6 is 0 Å². The smallest absolute Gasteiger partial charge is 0.251 e. The fraction of sp³-hybridized carbons (Fsp3) is 0.467. The van der Waals surface area contributed by atoms with Crippen molar-refractivity contribution in [1.29, 1.82) is 0 Å². The van der Waals surface area contributed by atoms with Gasteiger partial charge in [0.25, 0.3) is 5.91 Å². The summed E-state index contributed by atoms with van der Waals surface area (Å²) in [6, 6.07) is 8.23. The highest BCUT2D eigenvalue weighted by Crippen LogP contribution is 1.99. The van der Waals surface area contributed by atoms with Crippen LogP contribution in [0.3, 0.4) is 0 Å². The Morgan fingerprint density at radius 1 is 1.15 bits per heavy atom. The zero-order valence-electron chi connectivity index (χ0n) is 11.8. The number of nitrogens with one attached hydrogen (secondary N) is 2. The van der Waals surface area contributed by atoms with Crippen molar-refractivity contribution in [2.24, 2.45) is 0 Å². The van der Waals surface area contributed by atoms with Gasteiger partial charge in [0, 0.05) is 18.7 Å². The molecule has 0 fully saturated rings. The Kier molecular flexibility index (Phi) is 7.35. The van der Waals surface area contributed by atoms with Crippen LogP contribution in [0.5, 0.6) is 0 Å². The Labute approximate surface area is 119 Å². The summed E-state index contributed by atoms with van der Waals surface area (Å²) in [4.78, 5) is 23.6. The first-order chi connectivity index (χ1) is 9.65. The molecule has 5 nitrogen and oxygen atoms in total. The molecule has 0 heterocycles. The van der Waals surface area contributed by atoms with Gasteiger partial charge in [-0.25, -0.2) is 0 Å². The van der Waals surface area contributed by atoms with Gasteiger partial charge < -0.3 is 15.7 Å². The van der Waals surface area contributed by atoms with Gasteiger partial charge in [-0.2, -0.15) is 0 Å². The van der Waals surface area contributed by atoms with Crippen molar-refractivity contribution in [3.63, 3.8) is 0 Å². The van der Waals surface area contributed by atoms with Crippen LogP contribution in [0.2, 0.25) is 0 Å². The van der Waals surface area contributed by atoms with Crippen LogP contribution in [0, 0.1) is 0 Å². The topological polar surface area (TPSA) is 78.4 Å². The molecule has 5 heteroatoms. The minimum Gasteiger partial charge on any atom is -0.396 e. The largest absolute Gasteiger partial charge is 0.396 e. The molecular weight excluding hydrogens is 256 g/mol. The van der Waals surface area contributed by atoms with E-state index in [0.717, 1.165) is 19.3 Å². The molecule has 0 aliphatic carbocycles. The highest BCUT2D eigenvalue weighted by molar-refractivity contribution is 5.97. The molecule has 3 N–H and O–H groups in total. The Morgan fingerprint density at radius 3 is 2.50 bits per heavy atom. The zero-order chi connectivity index (χ0) is 14.8. The van der Waals surface area contributed by atoms with E-state index in [-0.39, 0.29) is 18.4 Å². The minimum atomic E-state index is -0.569. The third kappa shape index (κ3) is 5.84. The Bertz CT molecular complexity index is 420. The number of unbranched alkanes of at least 4 members (excludes halogenated alkanes) is 2. The molecule has 1 atom stereocenters. The van der Waals surface area contributed by atoms with Gasteiger partial charge in [0.2, 0.25) is 5.91 Å². The van der Waals surface area contributed by atoms with Crippen molar-refractivity contribution in [3.8, 4) is 0 Å². The van der Waals surface area contributed by atoms with Crippen LogP contribution in [0.4, 0.5) is 0 Å². The van der Waals surface area contributed by atoms with E-state index in [2.05, 4.69) is 10.6 Å². The normalized spacial score (nSPS) is 11.7. The monoisotopic (exact) mass is 278 g/mol.